The number of carbonyl (C=O) groups excluding carboxylic acids is 1. The number of likely N-dealkylation sites (N-methyl/N-ethyl adjacent to an activating group) is 1. The van der Waals surface area contributed by atoms with Crippen molar-refractivity contribution in [3.63, 3.8) is 0 Å². The van der Waals surface area contributed by atoms with Crippen LogP contribution in [0.2, 0.25) is 0 Å². The summed E-state index contributed by atoms with van der Waals surface area (Å²) in [6.07, 6.45) is 1.42. The van der Waals surface area contributed by atoms with Crippen LogP contribution >= 0.6 is 11.3 Å². The van der Waals surface area contributed by atoms with E-state index in [0.717, 1.165) is 23.8 Å². The van der Waals surface area contributed by atoms with E-state index < -0.39 is 0 Å². The Morgan fingerprint density at radius 3 is 3.05 bits per heavy atom. The Bertz CT molecular complexity index is 478. The molecule has 7 heteroatoms. The van der Waals surface area contributed by atoms with Crippen LogP contribution in [0.5, 0.6) is 0 Å². The topological polar surface area (TPSA) is 65.9 Å². The van der Waals surface area contributed by atoms with Gasteiger partial charge in [-0.05, 0) is 20.5 Å². The van der Waals surface area contributed by atoms with Crippen LogP contribution in [-0.2, 0) is 16.0 Å². The molecule has 2 heterocycles. The summed E-state index contributed by atoms with van der Waals surface area (Å²) in [5.74, 6) is -0.216. The summed E-state index contributed by atoms with van der Waals surface area (Å²) in [4.78, 5) is 20.1. The van der Waals surface area contributed by atoms with Crippen LogP contribution in [0.3, 0.4) is 0 Å². The van der Waals surface area contributed by atoms with Crippen LogP contribution < -0.4 is 4.90 Å². The molecule has 1 aliphatic heterocycles. The number of hydrogen-bond acceptors (Lipinski definition) is 7. The smallest absolute Gasteiger partial charge is 0.305 e. The normalized spacial score (nSPS) is 22.0. The van der Waals surface area contributed by atoms with E-state index in [1.54, 1.807) is 11.3 Å². The zero-order valence-corrected chi connectivity index (χ0v) is 13.6. The second-order valence-electron chi connectivity index (χ2n) is 5.66. The third-order valence-electron chi connectivity index (χ3n) is 3.57. The number of carbonyl (C=O) groups is 1. The molecule has 0 aromatic carbocycles. The molecule has 0 amide bonds. The van der Waals surface area contributed by atoms with Crippen molar-refractivity contribution in [1.82, 2.24) is 9.88 Å². The number of β-amino-alcohol motifs (C(OH)–C–C–N with tert-alkyl or cyclic N) is 1. The van der Waals surface area contributed by atoms with Gasteiger partial charge in [0.1, 0.15) is 0 Å². The summed E-state index contributed by atoms with van der Waals surface area (Å²) in [6.45, 7) is 1.52. The first-order chi connectivity index (χ1) is 9.99. The van der Waals surface area contributed by atoms with Gasteiger partial charge in [0.2, 0.25) is 0 Å². The van der Waals surface area contributed by atoms with E-state index in [1.807, 2.05) is 19.5 Å². The summed E-state index contributed by atoms with van der Waals surface area (Å²) in [6, 6.07) is 0.287. The number of aromatic nitrogens is 1. The minimum atomic E-state index is -0.294. The molecule has 1 saturated heterocycles. The van der Waals surface area contributed by atoms with Gasteiger partial charge in [0.05, 0.1) is 25.3 Å². The number of aryl methyl sites for hydroxylation is 1. The molecule has 1 N–H and O–H groups in total. The molecular weight excluding hydrogens is 290 g/mol. The minimum Gasteiger partial charge on any atom is -0.469 e. The number of nitrogens with zero attached hydrogens (tertiary/aromatic N) is 3. The van der Waals surface area contributed by atoms with Crippen LogP contribution in [0.4, 0.5) is 5.13 Å². The van der Waals surface area contributed by atoms with Gasteiger partial charge in [0.15, 0.2) is 5.13 Å². The van der Waals surface area contributed by atoms with Gasteiger partial charge in [-0.15, -0.1) is 11.3 Å². The Balaban J connectivity index is 2.00. The van der Waals surface area contributed by atoms with E-state index >= 15 is 0 Å². The van der Waals surface area contributed by atoms with Crippen molar-refractivity contribution >= 4 is 22.4 Å². The lowest BCUT2D eigenvalue weighted by Crippen LogP contribution is -2.37. The highest BCUT2D eigenvalue weighted by Gasteiger charge is 2.32. The number of hydrogen-bond donors (Lipinski definition) is 1. The van der Waals surface area contributed by atoms with Crippen molar-refractivity contribution in [3.8, 4) is 0 Å². The fraction of sp³-hybridized carbons (Fsp3) is 0.714. The molecule has 1 aromatic heterocycles. The number of aliphatic hydroxyl groups excluding tert-OH is 1. The van der Waals surface area contributed by atoms with E-state index in [1.165, 1.54) is 7.11 Å². The zero-order valence-electron chi connectivity index (χ0n) is 12.8. The maximum Gasteiger partial charge on any atom is 0.305 e. The van der Waals surface area contributed by atoms with Crippen LogP contribution in [-0.4, -0.2) is 67.4 Å². The number of methoxy groups -OCH3 is 1. The Labute approximate surface area is 129 Å². The van der Waals surface area contributed by atoms with E-state index in [2.05, 4.69) is 19.5 Å². The largest absolute Gasteiger partial charge is 0.469 e. The number of rotatable bonds is 6. The second-order valence-corrected chi connectivity index (χ2v) is 6.49. The standard InChI is InChI=1S/C14H23N3O3S/c1-16(2)7-11-6-12(18)8-17(11)14-15-10(9-21-14)4-5-13(19)20-3/h9,11-12,18H,4-8H2,1-3H3. The molecule has 6 nitrogen and oxygen atoms in total. The van der Waals surface area contributed by atoms with Crippen molar-refractivity contribution < 1.29 is 14.6 Å². The lowest BCUT2D eigenvalue weighted by Gasteiger charge is -2.26. The first-order valence-corrected chi connectivity index (χ1v) is 7.98. The SMILES string of the molecule is COC(=O)CCc1csc(N2CC(O)CC2CN(C)C)n1. The molecule has 21 heavy (non-hydrogen) atoms. The maximum atomic E-state index is 11.2. The molecule has 1 fully saturated rings. The minimum absolute atomic E-state index is 0.216. The first-order valence-electron chi connectivity index (χ1n) is 7.10. The molecule has 2 rings (SSSR count). The van der Waals surface area contributed by atoms with Gasteiger partial charge < -0.3 is 19.6 Å². The summed E-state index contributed by atoms with van der Waals surface area (Å²) >= 11 is 1.57. The monoisotopic (exact) mass is 313 g/mol. The maximum absolute atomic E-state index is 11.2. The van der Waals surface area contributed by atoms with E-state index in [9.17, 15) is 9.90 Å². The molecule has 0 spiro atoms. The summed E-state index contributed by atoms with van der Waals surface area (Å²) in [7, 11) is 5.46. The summed E-state index contributed by atoms with van der Waals surface area (Å²) in [5, 5.41) is 12.8. The quantitative estimate of drug-likeness (QED) is 0.782. The predicted molar refractivity (Wildman–Crippen MR) is 82.8 cm³/mol. The van der Waals surface area contributed by atoms with Gasteiger partial charge in [-0.3, -0.25) is 4.79 Å². The van der Waals surface area contributed by atoms with E-state index in [4.69, 9.17) is 0 Å². The van der Waals surface area contributed by atoms with Gasteiger partial charge in [-0.2, -0.15) is 0 Å². The average molecular weight is 313 g/mol. The Morgan fingerprint density at radius 1 is 1.62 bits per heavy atom. The fourth-order valence-corrected chi connectivity index (χ4v) is 3.54. The fourth-order valence-electron chi connectivity index (χ4n) is 2.60. The van der Waals surface area contributed by atoms with Gasteiger partial charge in [0.25, 0.3) is 0 Å². The number of aliphatic hydroxyl groups is 1. The molecule has 0 aliphatic carbocycles. The van der Waals surface area contributed by atoms with Crippen LogP contribution in [0.25, 0.3) is 0 Å². The van der Waals surface area contributed by atoms with Gasteiger partial charge in [0, 0.05) is 30.9 Å². The van der Waals surface area contributed by atoms with E-state index in [-0.39, 0.29) is 18.1 Å². The number of esters is 1. The van der Waals surface area contributed by atoms with Crippen molar-refractivity contribution in [2.45, 2.75) is 31.4 Å². The number of anilines is 1. The third-order valence-corrected chi connectivity index (χ3v) is 4.49. The molecule has 0 radical (unpaired) electrons. The Morgan fingerprint density at radius 2 is 2.38 bits per heavy atom. The lowest BCUT2D eigenvalue weighted by molar-refractivity contribution is -0.140. The van der Waals surface area contributed by atoms with Crippen molar-refractivity contribution in [2.24, 2.45) is 0 Å². The van der Waals surface area contributed by atoms with Gasteiger partial charge in [-0.25, -0.2) is 4.98 Å². The van der Waals surface area contributed by atoms with Crippen molar-refractivity contribution in [3.05, 3.63) is 11.1 Å². The Kier molecular flexibility index (Phi) is 5.55. The van der Waals surface area contributed by atoms with Crippen LogP contribution in [0, 0.1) is 0 Å². The predicted octanol–water partition coefficient (Wildman–Crippen LogP) is 0.750. The van der Waals surface area contributed by atoms with Crippen LogP contribution in [0.15, 0.2) is 5.38 Å². The first kappa shape index (κ1) is 16.2. The van der Waals surface area contributed by atoms with Crippen LogP contribution in [0.1, 0.15) is 18.5 Å². The lowest BCUT2D eigenvalue weighted by atomic mass is 10.2. The molecule has 2 atom stereocenters. The second kappa shape index (κ2) is 7.20. The summed E-state index contributed by atoms with van der Waals surface area (Å²) in [5.41, 5.74) is 0.908. The third kappa shape index (κ3) is 4.39. The van der Waals surface area contributed by atoms with Crippen molar-refractivity contribution in [1.29, 1.82) is 0 Å². The molecule has 1 aromatic rings. The molecule has 1 aliphatic rings. The highest BCUT2D eigenvalue weighted by Crippen LogP contribution is 2.29. The molecular formula is C14H23N3O3S. The highest BCUT2D eigenvalue weighted by atomic mass is 32.1. The molecule has 0 saturated carbocycles. The van der Waals surface area contributed by atoms with Gasteiger partial charge in [-0.1, -0.05) is 0 Å². The molecule has 118 valence electrons. The van der Waals surface area contributed by atoms with E-state index in [0.29, 0.717) is 19.4 Å². The highest BCUT2D eigenvalue weighted by molar-refractivity contribution is 7.13. The van der Waals surface area contributed by atoms with Crippen molar-refractivity contribution in [2.75, 3.05) is 39.2 Å². The Hall–Kier alpha value is -1.18. The number of thiazole rings is 1. The zero-order chi connectivity index (χ0) is 15.4. The van der Waals surface area contributed by atoms with Gasteiger partial charge >= 0.3 is 5.97 Å². The summed E-state index contributed by atoms with van der Waals surface area (Å²) < 4.78 is 4.64. The average Bonchev–Trinajstić information content (AvgIpc) is 3.02. The number of ether oxygens (including phenoxy) is 1. The molecule has 2 unspecified atom stereocenters. The molecule has 0 bridgehead atoms.